The van der Waals surface area contributed by atoms with Crippen LogP contribution in [0.2, 0.25) is 0 Å². The summed E-state index contributed by atoms with van der Waals surface area (Å²) in [6.07, 6.45) is 3.34. The van der Waals surface area contributed by atoms with Gasteiger partial charge in [-0.15, -0.1) is 0 Å². The molecule has 1 aromatic carbocycles. The normalized spacial score (nSPS) is 10.8. The monoisotopic (exact) mass is 251 g/mol. The standard InChI is InChI=1S/C14H13N5/c1-8-9(2)18-14(19-13(8)15)10-3-4-11-12(7-10)17-6-5-16-11/h3-7H,1-2H3,(H2,15,18,19). The van der Waals surface area contributed by atoms with Gasteiger partial charge in [0.1, 0.15) is 5.82 Å². The van der Waals surface area contributed by atoms with Gasteiger partial charge in [-0.3, -0.25) is 9.97 Å². The summed E-state index contributed by atoms with van der Waals surface area (Å²) in [7, 11) is 0. The third-order valence-corrected chi connectivity index (χ3v) is 3.15. The Morgan fingerprint density at radius 3 is 2.42 bits per heavy atom. The van der Waals surface area contributed by atoms with Crippen molar-refractivity contribution in [3.05, 3.63) is 41.9 Å². The third-order valence-electron chi connectivity index (χ3n) is 3.15. The Morgan fingerprint density at radius 2 is 1.68 bits per heavy atom. The van der Waals surface area contributed by atoms with E-state index < -0.39 is 0 Å². The van der Waals surface area contributed by atoms with Gasteiger partial charge in [-0.1, -0.05) is 0 Å². The molecule has 5 heteroatoms. The molecule has 3 aromatic rings. The van der Waals surface area contributed by atoms with Crippen LogP contribution in [0.3, 0.4) is 0 Å². The van der Waals surface area contributed by atoms with Gasteiger partial charge in [0.15, 0.2) is 5.82 Å². The first-order valence-electron chi connectivity index (χ1n) is 5.97. The lowest BCUT2D eigenvalue weighted by molar-refractivity contribution is 1.08. The third kappa shape index (κ3) is 1.99. The van der Waals surface area contributed by atoms with Crippen LogP contribution >= 0.6 is 0 Å². The fraction of sp³-hybridized carbons (Fsp3) is 0.143. The average Bonchev–Trinajstić information content (AvgIpc) is 2.43. The van der Waals surface area contributed by atoms with Crippen molar-refractivity contribution in [1.29, 1.82) is 0 Å². The molecular formula is C14H13N5. The van der Waals surface area contributed by atoms with Crippen molar-refractivity contribution in [1.82, 2.24) is 19.9 Å². The predicted molar refractivity (Wildman–Crippen MR) is 74.5 cm³/mol. The number of nitrogen functional groups attached to an aromatic ring is 1. The van der Waals surface area contributed by atoms with E-state index in [-0.39, 0.29) is 0 Å². The van der Waals surface area contributed by atoms with Gasteiger partial charge >= 0.3 is 0 Å². The maximum atomic E-state index is 5.89. The minimum absolute atomic E-state index is 0.516. The molecule has 0 atom stereocenters. The first-order chi connectivity index (χ1) is 9.15. The van der Waals surface area contributed by atoms with Gasteiger partial charge in [-0.2, -0.15) is 0 Å². The number of aryl methyl sites for hydroxylation is 1. The summed E-state index contributed by atoms with van der Waals surface area (Å²) in [4.78, 5) is 17.3. The Hall–Kier alpha value is -2.56. The topological polar surface area (TPSA) is 77.6 Å². The van der Waals surface area contributed by atoms with Crippen LogP contribution in [0.4, 0.5) is 5.82 Å². The Labute approximate surface area is 110 Å². The number of fused-ring (bicyclic) bond motifs is 1. The van der Waals surface area contributed by atoms with Crippen molar-refractivity contribution in [2.75, 3.05) is 5.73 Å². The molecule has 19 heavy (non-hydrogen) atoms. The fourth-order valence-corrected chi connectivity index (χ4v) is 1.88. The largest absolute Gasteiger partial charge is 0.383 e. The van der Waals surface area contributed by atoms with Crippen molar-refractivity contribution in [2.45, 2.75) is 13.8 Å². The molecule has 94 valence electrons. The van der Waals surface area contributed by atoms with Crippen LogP contribution in [0, 0.1) is 13.8 Å². The number of hydrogen-bond donors (Lipinski definition) is 1. The Morgan fingerprint density at radius 1 is 0.947 bits per heavy atom. The smallest absolute Gasteiger partial charge is 0.161 e. The number of hydrogen-bond acceptors (Lipinski definition) is 5. The van der Waals surface area contributed by atoms with Crippen LogP contribution < -0.4 is 5.73 Å². The van der Waals surface area contributed by atoms with Gasteiger partial charge in [-0.25, -0.2) is 9.97 Å². The SMILES string of the molecule is Cc1nc(-c2ccc3nccnc3c2)nc(N)c1C. The average molecular weight is 251 g/mol. The van der Waals surface area contributed by atoms with E-state index in [9.17, 15) is 0 Å². The molecule has 0 radical (unpaired) electrons. The molecule has 0 saturated heterocycles. The van der Waals surface area contributed by atoms with Crippen molar-refractivity contribution in [3.63, 3.8) is 0 Å². The van der Waals surface area contributed by atoms with Gasteiger partial charge in [0.05, 0.1) is 11.0 Å². The molecular weight excluding hydrogens is 238 g/mol. The van der Waals surface area contributed by atoms with Gasteiger partial charge in [0.2, 0.25) is 0 Å². The van der Waals surface area contributed by atoms with Crippen LogP contribution in [-0.2, 0) is 0 Å². The molecule has 0 aliphatic rings. The summed E-state index contributed by atoms with van der Waals surface area (Å²) in [5.41, 5.74) is 10.3. The van der Waals surface area contributed by atoms with E-state index in [1.54, 1.807) is 12.4 Å². The highest BCUT2D eigenvalue weighted by Gasteiger charge is 2.08. The van der Waals surface area contributed by atoms with Crippen LogP contribution in [-0.4, -0.2) is 19.9 Å². The minimum atomic E-state index is 0.516. The molecule has 3 rings (SSSR count). The number of aromatic nitrogens is 4. The zero-order valence-corrected chi connectivity index (χ0v) is 10.8. The van der Waals surface area contributed by atoms with Crippen molar-refractivity contribution in [2.24, 2.45) is 0 Å². The number of nitrogens with zero attached hydrogens (tertiary/aromatic N) is 4. The van der Waals surface area contributed by atoms with Crippen LogP contribution in [0.5, 0.6) is 0 Å². The maximum absolute atomic E-state index is 5.89. The van der Waals surface area contributed by atoms with Gasteiger partial charge in [0.25, 0.3) is 0 Å². The molecule has 2 heterocycles. The van der Waals surface area contributed by atoms with E-state index in [1.807, 2.05) is 32.0 Å². The molecule has 2 aromatic heterocycles. The Kier molecular flexibility index (Phi) is 2.59. The summed E-state index contributed by atoms with van der Waals surface area (Å²) in [5.74, 6) is 1.13. The van der Waals surface area contributed by atoms with E-state index in [0.29, 0.717) is 11.6 Å². The first kappa shape index (κ1) is 11.5. The fourth-order valence-electron chi connectivity index (χ4n) is 1.88. The quantitative estimate of drug-likeness (QED) is 0.718. The van der Waals surface area contributed by atoms with Crippen LogP contribution in [0.1, 0.15) is 11.3 Å². The van der Waals surface area contributed by atoms with E-state index in [2.05, 4.69) is 19.9 Å². The molecule has 0 saturated carbocycles. The number of benzene rings is 1. The number of anilines is 1. The molecule has 0 bridgehead atoms. The Bertz CT molecular complexity index is 744. The first-order valence-corrected chi connectivity index (χ1v) is 5.97. The molecule has 0 spiro atoms. The molecule has 5 nitrogen and oxygen atoms in total. The molecule has 2 N–H and O–H groups in total. The van der Waals surface area contributed by atoms with E-state index >= 15 is 0 Å². The molecule has 0 aliphatic heterocycles. The lowest BCUT2D eigenvalue weighted by Crippen LogP contribution is -2.02. The van der Waals surface area contributed by atoms with Crippen molar-refractivity contribution in [3.8, 4) is 11.4 Å². The second kappa shape index (κ2) is 4.28. The lowest BCUT2D eigenvalue weighted by Gasteiger charge is -2.07. The number of nitrogens with two attached hydrogens (primary N) is 1. The minimum Gasteiger partial charge on any atom is -0.383 e. The summed E-state index contributed by atoms with van der Waals surface area (Å²) < 4.78 is 0. The van der Waals surface area contributed by atoms with E-state index in [0.717, 1.165) is 27.9 Å². The van der Waals surface area contributed by atoms with Gasteiger partial charge < -0.3 is 5.73 Å². The Balaban J connectivity index is 2.19. The summed E-state index contributed by atoms with van der Waals surface area (Å²) >= 11 is 0. The van der Waals surface area contributed by atoms with Crippen LogP contribution in [0.15, 0.2) is 30.6 Å². The summed E-state index contributed by atoms with van der Waals surface area (Å²) in [5, 5.41) is 0. The highest BCUT2D eigenvalue weighted by Crippen LogP contribution is 2.22. The molecule has 0 amide bonds. The second-order valence-electron chi connectivity index (χ2n) is 4.40. The van der Waals surface area contributed by atoms with Crippen LogP contribution in [0.25, 0.3) is 22.4 Å². The van der Waals surface area contributed by atoms with E-state index in [4.69, 9.17) is 5.73 Å². The maximum Gasteiger partial charge on any atom is 0.161 e. The summed E-state index contributed by atoms with van der Waals surface area (Å²) in [6.45, 7) is 3.85. The van der Waals surface area contributed by atoms with Crippen molar-refractivity contribution < 1.29 is 0 Å². The predicted octanol–water partition coefficient (Wildman–Crippen LogP) is 2.29. The highest BCUT2D eigenvalue weighted by atomic mass is 15.0. The molecule has 0 unspecified atom stereocenters. The molecule has 0 aliphatic carbocycles. The van der Waals surface area contributed by atoms with Gasteiger partial charge in [-0.05, 0) is 32.0 Å². The van der Waals surface area contributed by atoms with E-state index in [1.165, 1.54) is 0 Å². The molecule has 0 fully saturated rings. The summed E-state index contributed by atoms with van der Waals surface area (Å²) in [6, 6.07) is 5.76. The lowest BCUT2D eigenvalue weighted by atomic mass is 10.1. The number of rotatable bonds is 1. The van der Waals surface area contributed by atoms with Crippen molar-refractivity contribution >= 4 is 16.9 Å². The highest BCUT2D eigenvalue weighted by molar-refractivity contribution is 5.79. The second-order valence-corrected chi connectivity index (χ2v) is 4.40. The zero-order valence-electron chi connectivity index (χ0n) is 10.8. The zero-order chi connectivity index (χ0) is 13.4. The van der Waals surface area contributed by atoms with Gasteiger partial charge in [0, 0.05) is 29.2 Å².